The zero-order valence-electron chi connectivity index (χ0n) is 11.2. The molecule has 0 radical (unpaired) electrons. The van der Waals surface area contributed by atoms with Gasteiger partial charge in [0.1, 0.15) is 0 Å². The maximum absolute atomic E-state index is 12.0. The topological polar surface area (TPSA) is 55.4 Å². The Kier molecular flexibility index (Phi) is 5.04. The van der Waals surface area contributed by atoms with Crippen LogP contribution in [0.25, 0.3) is 0 Å². The molecule has 106 valence electrons. The Morgan fingerprint density at radius 2 is 2.06 bits per heavy atom. The summed E-state index contributed by atoms with van der Waals surface area (Å²) in [4.78, 5) is 0. The zero-order valence-corrected chi connectivity index (χ0v) is 12.0. The molecular weight excluding hydrogens is 250 g/mol. The van der Waals surface area contributed by atoms with E-state index in [-0.39, 0.29) is 17.9 Å². The third-order valence-corrected chi connectivity index (χ3v) is 5.68. The molecule has 3 atom stereocenters. The molecule has 1 saturated carbocycles. The van der Waals surface area contributed by atoms with Crippen LogP contribution in [0.2, 0.25) is 0 Å². The first-order chi connectivity index (χ1) is 8.61. The summed E-state index contributed by atoms with van der Waals surface area (Å²) in [5, 5.41) is 0. The van der Waals surface area contributed by atoms with Gasteiger partial charge in [-0.2, -0.15) is 0 Å². The minimum absolute atomic E-state index is 0.159. The van der Waals surface area contributed by atoms with Crippen LogP contribution in [0.5, 0.6) is 0 Å². The molecule has 0 amide bonds. The van der Waals surface area contributed by atoms with Gasteiger partial charge in [-0.15, -0.1) is 0 Å². The fraction of sp³-hybridized carbons (Fsp3) is 1.00. The van der Waals surface area contributed by atoms with E-state index in [0.717, 1.165) is 45.1 Å². The lowest BCUT2D eigenvalue weighted by Crippen LogP contribution is -2.39. The van der Waals surface area contributed by atoms with Gasteiger partial charge in [0.15, 0.2) is 0 Å². The summed E-state index contributed by atoms with van der Waals surface area (Å²) in [5.74, 6) is 0.743. The standard InChI is InChI=1S/C13H25NO3S/c1-2-11-5-3-7-13(11)14-18(15,16)10-8-12-6-4-9-17-12/h11-14H,2-10H2,1H3/t11-,12+,13+/m1/s1. The van der Waals surface area contributed by atoms with E-state index < -0.39 is 10.0 Å². The maximum atomic E-state index is 12.0. The lowest BCUT2D eigenvalue weighted by atomic mass is 10.0. The summed E-state index contributed by atoms with van der Waals surface area (Å²) >= 11 is 0. The molecule has 0 aromatic rings. The van der Waals surface area contributed by atoms with E-state index in [4.69, 9.17) is 4.74 Å². The van der Waals surface area contributed by atoms with Crippen molar-refractivity contribution in [2.75, 3.05) is 12.4 Å². The number of hydrogen-bond acceptors (Lipinski definition) is 3. The third kappa shape index (κ3) is 3.93. The van der Waals surface area contributed by atoms with Crippen LogP contribution in [0.4, 0.5) is 0 Å². The van der Waals surface area contributed by atoms with Crippen LogP contribution < -0.4 is 4.72 Å². The van der Waals surface area contributed by atoms with Gasteiger partial charge in [-0.25, -0.2) is 13.1 Å². The molecular formula is C13H25NO3S. The molecule has 2 rings (SSSR count). The summed E-state index contributed by atoms with van der Waals surface area (Å²) in [6.45, 7) is 2.93. The molecule has 2 aliphatic rings. The molecule has 1 N–H and O–H groups in total. The summed E-state index contributed by atoms with van der Waals surface area (Å²) in [7, 11) is -3.13. The molecule has 5 heteroatoms. The second kappa shape index (κ2) is 6.35. The van der Waals surface area contributed by atoms with Crippen molar-refractivity contribution in [2.45, 2.75) is 64.0 Å². The molecule has 1 heterocycles. The van der Waals surface area contributed by atoms with Crippen LogP contribution in [-0.4, -0.2) is 32.9 Å². The highest BCUT2D eigenvalue weighted by atomic mass is 32.2. The number of sulfonamides is 1. The van der Waals surface area contributed by atoms with E-state index in [2.05, 4.69) is 11.6 Å². The number of rotatable bonds is 6. The Bertz CT molecular complexity index is 349. The van der Waals surface area contributed by atoms with Crippen molar-refractivity contribution in [3.8, 4) is 0 Å². The van der Waals surface area contributed by atoms with Crippen LogP contribution >= 0.6 is 0 Å². The van der Waals surface area contributed by atoms with Gasteiger partial charge in [-0.3, -0.25) is 0 Å². The second-order valence-electron chi connectivity index (χ2n) is 5.57. The molecule has 0 spiro atoms. The van der Waals surface area contributed by atoms with Crippen molar-refractivity contribution in [3.63, 3.8) is 0 Å². The van der Waals surface area contributed by atoms with Crippen LogP contribution in [0.1, 0.15) is 51.9 Å². The lowest BCUT2D eigenvalue weighted by molar-refractivity contribution is 0.108. The van der Waals surface area contributed by atoms with E-state index in [1.54, 1.807) is 0 Å². The average Bonchev–Trinajstić information content (AvgIpc) is 2.96. The van der Waals surface area contributed by atoms with Gasteiger partial charge in [-0.1, -0.05) is 19.8 Å². The van der Waals surface area contributed by atoms with Crippen LogP contribution in [0.15, 0.2) is 0 Å². The molecule has 2 fully saturated rings. The Hall–Kier alpha value is -0.130. The number of nitrogens with one attached hydrogen (secondary N) is 1. The average molecular weight is 275 g/mol. The van der Waals surface area contributed by atoms with Crippen molar-refractivity contribution in [2.24, 2.45) is 5.92 Å². The maximum Gasteiger partial charge on any atom is 0.211 e. The quantitative estimate of drug-likeness (QED) is 0.807. The first-order valence-electron chi connectivity index (χ1n) is 7.22. The molecule has 18 heavy (non-hydrogen) atoms. The van der Waals surface area contributed by atoms with E-state index in [0.29, 0.717) is 12.3 Å². The van der Waals surface area contributed by atoms with E-state index >= 15 is 0 Å². The molecule has 1 aliphatic carbocycles. The van der Waals surface area contributed by atoms with Gasteiger partial charge in [-0.05, 0) is 38.0 Å². The molecule has 1 aliphatic heterocycles. The van der Waals surface area contributed by atoms with Crippen LogP contribution in [0, 0.1) is 5.92 Å². The van der Waals surface area contributed by atoms with E-state index in [9.17, 15) is 8.42 Å². The van der Waals surface area contributed by atoms with Gasteiger partial charge in [0.2, 0.25) is 10.0 Å². The van der Waals surface area contributed by atoms with Gasteiger partial charge in [0.25, 0.3) is 0 Å². The minimum atomic E-state index is -3.13. The van der Waals surface area contributed by atoms with Crippen molar-refractivity contribution in [3.05, 3.63) is 0 Å². The Balaban J connectivity index is 1.79. The third-order valence-electron chi connectivity index (χ3n) is 4.25. The monoisotopic (exact) mass is 275 g/mol. The van der Waals surface area contributed by atoms with Gasteiger partial charge < -0.3 is 4.74 Å². The zero-order chi connectivity index (χ0) is 13.0. The number of ether oxygens (including phenoxy) is 1. The van der Waals surface area contributed by atoms with Crippen molar-refractivity contribution in [1.29, 1.82) is 0 Å². The molecule has 4 nitrogen and oxygen atoms in total. The van der Waals surface area contributed by atoms with Crippen molar-refractivity contribution in [1.82, 2.24) is 4.72 Å². The van der Waals surface area contributed by atoms with E-state index in [1.165, 1.54) is 0 Å². The van der Waals surface area contributed by atoms with Gasteiger partial charge in [0, 0.05) is 12.6 Å². The Morgan fingerprint density at radius 3 is 2.72 bits per heavy atom. The molecule has 0 unspecified atom stereocenters. The van der Waals surface area contributed by atoms with E-state index in [1.807, 2.05) is 0 Å². The normalized spacial score (nSPS) is 33.1. The highest BCUT2D eigenvalue weighted by Crippen LogP contribution is 2.28. The molecule has 0 bridgehead atoms. The summed E-state index contributed by atoms with van der Waals surface area (Å²) in [5.41, 5.74) is 0. The van der Waals surface area contributed by atoms with Crippen molar-refractivity contribution < 1.29 is 13.2 Å². The molecule has 0 aromatic carbocycles. The van der Waals surface area contributed by atoms with Crippen molar-refractivity contribution >= 4 is 10.0 Å². The SMILES string of the molecule is CC[C@@H]1CCC[C@@H]1NS(=O)(=O)CC[C@@H]1CCCO1. The van der Waals surface area contributed by atoms with Crippen LogP contribution in [-0.2, 0) is 14.8 Å². The summed E-state index contributed by atoms with van der Waals surface area (Å²) in [6, 6.07) is 0.171. The molecule has 0 aromatic heterocycles. The molecule has 1 saturated heterocycles. The van der Waals surface area contributed by atoms with Gasteiger partial charge in [0.05, 0.1) is 11.9 Å². The Morgan fingerprint density at radius 1 is 1.22 bits per heavy atom. The minimum Gasteiger partial charge on any atom is -0.378 e. The first kappa shape index (κ1) is 14.3. The number of hydrogen-bond donors (Lipinski definition) is 1. The first-order valence-corrected chi connectivity index (χ1v) is 8.87. The summed E-state index contributed by atoms with van der Waals surface area (Å²) < 4.78 is 32.4. The Labute approximate surface area is 111 Å². The fourth-order valence-corrected chi connectivity index (χ4v) is 4.59. The van der Waals surface area contributed by atoms with Gasteiger partial charge >= 0.3 is 0 Å². The highest BCUT2D eigenvalue weighted by Gasteiger charge is 2.29. The smallest absolute Gasteiger partial charge is 0.211 e. The fourth-order valence-electron chi connectivity index (χ4n) is 3.13. The predicted molar refractivity (Wildman–Crippen MR) is 71.9 cm³/mol. The second-order valence-corrected chi connectivity index (χ2v) is 7.44. The highest BCUT2D eigenvalue weighted by molar-refractivity contribution is 7.89. The largest absolute Gasteiger partial charge is 0.378 e. The van der Waals surface area contributed by atoms with Crippen LogP contribution in [0.3, 0.4) is 0 Å². The summed E-state index contributed by atoms with van der Waals surface area (Å²) in [6.07, 6.45) is 7.25. The lowest BCUT2D eigenvalue weighted by Gasteiger charge is -2.20. The predicted octanol–water partition coefficient (Wildman–Crippen LogP) is 2.05.